The highest BCUT2D eigenvalue weighted by atomic mass is 16.2. The number of hydrogen-bond donors (Lipinski definition) is 1. The van der Waals surface area contributed by atoms with Gasteiger partial charge in [0.05, 0.1) is 23.1 Å². The van der Waals surface area contributed by atoms with E-state index in [-0.39, 0.29) is 24.4 Å². The lowest BCUT2D eigenvalue weighted by atomic mass is 10.1. The van der Waals surface area contributed by atoms with Crippen LogP contribution in [0.3, 0.4) is 0 Å². The molecule has 2 heterocycles. The quantitative estimate of drug-likeness (QED) is 0.605. The summed E-state index contributed by atoms with van der Waals surface area (Å²) in [6.07, 6.45) is 0.114. The summed E-state index contributed by atoms with van der Waals surface area (Å²) in [5, 5.41) is 12.2. The van der Waals surface area contributed by atoms with Crippen molar-refractivity contribution in [3.63, 3.8) is 0 Å². The number of amides is 1. The highest BCUT2D eigenvalue weighted by molar-refractivity contribution is 6.00. The monoisotopic (exact) mass is 359 g/mol. The van der Waals surface area contributed by atoms with Crippen LogP contribution >= 0.6 is 0 Å². The van der Waals surface area contributed by atoms with E-state index in [4.69, 9.17) is 0 Å². The molecule has 7 heteroatoms. The highest BCUT2D eigenvalue weighted by Crippen LogP contribution is 2.22. The van der Waals surface area contributed by atoms with Crippen molar-refractivity contribution in [3.05, 3.63) is 70.6 Å². The van der Waals surface area contributed by atoms with Crippen molar-refractivity contribution in [3.8, 4) is 0 Å². The van der Waals surface area contributed by atoms with Crippen LogP contribution in [0.2, 0.25) is 0 Å². The molecule has 0 bridgehead atoms. The van der Waals surface area contributed by atoms with Gasteiger partial charge in [0.25, 0.3) is 5.56 Å². The lowest BCUT2D eigenvalue weighted by Gasteiger charge is -2.09. The number of aromatic nitrogens is 4. The van der Waals surface area contributed by atoms with Crippen molar-refractivity contribution >= 4 is 33.4 Å². The molecule has 2 aromatic carbocycles. The van der Waals surface area contributed by atoms with Crippen molar-refractivity contribution in [2.45, 2.75) is 19.9 Å². The Bertz CT molecular complexity index is 1220. The standard InChI is InChI=1S/C20H17N5O2/c1-13-9-10-14-16(21-13)7-4-8-17(14)22-19(26)11-12-25-20(27)15-5-2-3-6-18(15)23-24-25/h2-10H,11-12H2,1H3,(H,22,26). The van der Waals surface area contributed by atoms with Crippen LogP contribution in [0, 0.1) is 6.92 Å². The molecular weight excluding hydrogens is 342 g/mol. The molecule has 0 saturated carbocycles. The zero-order chi connectivity index (χ0) is 18.8. The summed E-state index contributed by atoms with van der Waals surface area (Å²) in [5.41, 5.74) is 2.73. The molecule has 1 N–H and O–H groups in total. The van der Waals surface area contributed by atoms with Crippen molar-refractivity contribution in [2.24, 2.45) is 0 Å². The molecule has 4 aromatic rings. The van der Waals surface area contributed by atoms with Crippen LogP contribution in [0.15, 0.2) is 59.4 Å². The molecule has 2 aromatic heterocycles. The van der Waals surface area contributed by atoms with E-state index in [1.54, 1.807) is 24.3 Å². The maximum atomic E-state index is 12.4. The number of nitrogens with one attached hydrogen (secondary N) is 1. The third-order valence-electron chi connectivity index (χ3n) is 4.33. The van der Waals surface area contributed by atoms with Crippen LogP contribution in [0.5, 0.6) is 0 Å². The van der Waals surface area contributed by atoms with Crippen molar-refractivity contribution in [1.82, 2.24) is 20.0 Å². The van der Waals surface area contributed by atoms with Gasteiger partial charge < -0.3 is 5.32 Å². The fourth-order valence-corrected chi connectivity index (χ4v) is 2.96. The number of benzene rings is 2. The predicted octanol–water partition coefficient (Wildman–Crippen LogP) is 2.68. The van der Waals surface area contributed by atoms with Crippen LogP contribution in [-0.2, 0) is 11.3 Å². The van der Waals surface area contributed by atoms with Gasteiger partial charge in [-0.05, 0) is 43.3 Å². The number of hydrogen-bond acceptors (Lipinski definition) is 5. The molecule has 4 rings (SSSR count). The first-order chi connectivity index (χ1) is 13.1. The summed E-state index contributed by atoms with van der Waals surface area (Å²) in [5.74, 6) is -0.204. The Balaban J connectivity index is 1.51. The molecule has 0 radical (unpaired) electrons. The lowest BCUT2D eigenvalue weighted by molar-refractivity contribution is -0.116. The van der Waals surface area contributed by atoms with E-state index in [9.17, 15) is 9.59 Å². The second kappa shape index (κ2) is 6.95. The van der Waals surface area contributed by atoms with Crippen LogP contribution in [0.25, 0.3) is 21.8 Å². The zero-order valence-corrected chi connectivity index (χ0v) is 14.7. The molecular formula is C20H17N5O2. The number of pyridine rings is 1. The van der Waals surface area contributed by atoms with E-state index in [2.05, 4.69) is 20.6 Å². The lowest BCUT2D eigenvalue weighted by Crippen LogP contribution is -2.26. The Labute approximate surface area is 154 Å². The molecule has 0 aliphatic rings. The Hall–Kier alpha value is -3.61. The SMILES string of the molecule is Cc1ccc2c(NC(=O)CCn3nnc4ccccc4c3=O)cccc2n1. The molecule has 27 heavy (non-hydrogen) atoms. The number of anilines is 1. The molecule has 7 nitrogen and oxygen atoms in total. The average molecular weight is 359 g/mol. The van der Waals surface area contributed by atoms with Gasteiger partial charge in [0.1, 0.15) is 5.52 Å². The van der Waals surface area contributed by atoms with Gasteiger partial charge in [-0.2, -0.15) is 0 Å². The summed E-state index contributed by atoms with van der Waals surface area (Å²) in [6, 6.07) is 16.4. The summed E-state index contributed by atoms with van der Waals surface area (Å²) >= 11 is 0. The Morgan fingerprint density at radius 1 is 1.00 bits per heavy atom. The summed E-state index contributed by atoms with van der Waals surface area (Å²) in [6.45, 7) is 2.08. The largest absolute Gasteiger partial charge is 0.325 e. The summed E-state index contributed by atoms with van der Waals surface area (Å²) < 4.78 is 1.22. The third-order valence-corrected chi connectivity index (χ3v) is 4.33. The van der Waals surface area contributed by atoms with Gasteiger partial charge in [0, 0.05) is 17.5 Å². The molecule has 1 amide bonds. The maximum absolute atomic E-state index is 12.4. The Kier molecular flexibility index (Phi) is 4.33. The van der Waals surface area contributed by atoms with Crippen LogP contribution in [-0.4, -0.2) is 25.9 Å². The fourth-order valence-electron chi connectivity index (χ4n) is 2.96. The number of rotatable bonds is 4. The molecule has 0 aliphatic heterocycles. The van der Waals surface area contributed by atoms with Gasteiger partial charge in [-0.3, -0.25) is 14.6 Å². The second-order valence-electron chi connectivity index (χ2n) is 6.26. The zero-order valence-electron chi connectivity index (χ0n) is 14.7. The van der Waals surface area contributed by atoms with Crippen molar-refractivity contribution in [1.29, 1.82) is 0 Å². The molecule has 0 aliphatic carbocycles. The van der Waals surface area contributed by atoms with Crippen LogP contribution in [0.1, 0.15) is 12.1 Å². The van der Waals surface area contributed by atoms with Gasteiger partial charge in [-0.15, -0.1) is 5.10 Å². The van der Waals surface area contributed by atoms with Gasteiger partial charge in [-0.1, -0.05) is 23.4 Å². The van der Waals surface area contributed by atoms with Gasteiger partial charge >= 0.3 is 0 Å². The number of aryl methyl sites for hydroxylation is 2. The molecule has 0 spiro atoms. The van der Waals surface area contributed by atoms with E-state index in [0.29, 0.717) is 16.6 Å². The van der Waals surface area contributed by atoms with E-state index in [1.165, 1.54) is 4.68 Å². The molecule has 0 saturated heterocycles. The third kappa shape index (κ3) is 3.39. The van der Waals surface area contributed by atoms with Crippen molar-refractivity contribution < 1.29 is 4.79 Å². The second-order valence-corrected chi connectivity index (χ2v) is 6.26. The normalized spacial score (nSPS) is 11.0. The number of fused-ring (bicyclic) bond motifs is 2. The molecule has 0 fully saturated rings. The van der Waals surface area contributed by atoms with Gasteiger partial charge in [0.2, 0.25) is 5.91 Å². The first-order valence-corrected chi connectivity index (χ1v) is 8.60. The smallest absolute Gasteiger partial charge is 0.277 e. The first-order valence-electron chi connectivity index (χ1n) is 8.60. The topological polar surface area (TPSA) is 89.8 Å². The predicted molar refractivity (Wildman–Crippen MR) is 104 cm³/mol. The van der Waals surface area contributed by atoms with Gasteiger partial charge in [-0.25, -0.2) is 4.68 Å². The van der Waals surface area contributed by atoms with E-state index < -0.39 is 0 Å². The van der Waals surface area contributed by atoms with Crippen LogP contribution in [0.4, 0.5) is 5.69 Å². The minimum atomic E-state index is -0.252. The Morgan fingerprint density at radius 2 is 1.81 bits per heavy atom. The molecule has 0 unspecified atom stereocenters. The molecule has 0 atom stereocenters. The minimum absolute atomic E-state index is 0.114. The number of carbonyl (C=O) groups excluding carboxylic acids is 1. The van der Waals surface area contributed by atoms with Crippen molar-refractivity contribution in [2.75, 3.05) is 5.32 Å². The average Bonchev–Trinajstić information content (AvgIpc) is 2.67. The summed E-state index contributed by atoms with van der Waals surface area (Å²) in [7, 11) is 0. The number of nitrogens with zero attached hydrogens (tertiary/aromatic N) is 4. The van der Waals surface area contributed by atoms with E-state index in [1.807, 2.05) is 37.3 Å². The first kappa shape index (κ1) is 16.8. The Morgan fingerprint density at radius 3 is 2.70 bits per heavy atom. The number of carbonyl (C=O) groups is 1. The van der Waals surface area contributed by atoms with Crippen LogP contribution < -0.4 is 10.9 Å². The van der Waals surface area contributed by atoms with Gasteiger partial charge in [0.15, 0.2) is 0 Å². The summed E-state index contributed by atoms with van der Waals surface area (Å²) in [4.78, 5) is 29.3. The highest BCUT2D eigenvalue weighted by Gasteiger charge is 2.10. The maximum Gasteiger partial charge on any atom is 0.277 e. The van der Waals surface area contributed by atoms with E-state index in [0.717, 1.165) is 16.6 Å². The van der Waals surface area contributed by atoms with E-state index >= 15 is 0 Å². The fraction of sp³-hybridized carbons (Fsp3) is 0.150. The minimum Gasteiger partial charge on any atom is -0.325 e. The molecule has 134 valence electrons.